The van der Waals surface area contributed by atoms with E-state index in [9.17, 15) is 8.42 Å². The van der Waals surface area contributed by atoms with Gasteiger partial charge in [-0.3, -0.25) is 0 Å². The van der Waals surface area contributed by atoms with Gasteiger partial charge in [0.2, 0.25) is 10.0 Å². The Morgan fingerprint density at radius 1 is 1.28 bits per heavy atom. The molecule has 0 aromatic rings. The zero-order chi connectivity index (χ0) is 13.6. The third-order valence-corrected chi connectivity index (χ3v) is 5.39. The van der Waals surface area contributed by atoms with E-state index in [1.54, 1.807) is 4.31 Å². The molecule has 0 aromatic carbocycles. The Labute approximate surface area is 112 Å². The van der Waals surface area contributed by atoms with Gasteiger partial charge in [0.05, 0.1) is 5.75 Å². The molecule has 0 radical (unpaired) electrons. The average molecular weight is 276 g/mol. The van der Waals surface area contributed by atoms with Gasteiger partial charge in [0.25, 0.3) is 0 Å². The summed E-state index contributed by atoms with van der Waals surface area (Å²) in [5.74, 6) is 0.751. The van der Waals surface area contributed by atoms with Crippen LogP contribution in [0.15, 0.2) is 0 Å². The summed E-state index contributed by atoms with van der Waals surface area (Å²) in [4.78, 5) is 0. The molecular formula is C13H28N2O2S. The molecule has 18 heavy (non-hydrogen) atoms. The Morgan fingerprint density at radius 3 is 2.39 bits per heavy atom. The first-order chi connectivity index (χ1) is 8.45. The van der Waals surface area contributed by atoms with Crippen LogP contribution in [-0.4, -0.2) is 44.2 Å². The van der Waals surface area contributed by atoms with Crippen molar-refractivity contribution in [1.82, 2.24) is 9.62 Å². The van der Waals surface area contributed by atoms with Crippen molar-refractivity contribution in [2.24, 2.45) is 5.92 Å². The van der Waals surface area contributed by atoms with Crippen LogP contribution < -0.4 is 5.32 Å². The minimum Gasteiger partial charge on any atom is -0.314 e. The molecule has 0 spiro atoms. The molecule has 0 atom stereocenters. The first-order valence-corrected chi connectivity index (χ1v) is 8.77. The summed E-state index contributed by atoms with van der Waals surface area (Å²) in [5.41, 5.74) is 0. The lowest BCUT2D eigenvalue weighted by Gasteiger charge is -2.31. The molecule has 1 aliphatic rings. The fourth-order valence-electron chi connectivity index (χ4n) is 2.20. The topological polar surface area (TPSA) is 49.4 Å². The van der Waals surface area contributed by atoms with Crippen LogP contribution in [0.4, 0.5) is 0 Å². The number of nitrogens with zero attached hydrogens (tertiary/aromatic N) is 1. The van der Waals surface area contributed by atoms with Crippen LogP contribution >= 0.6 is 0 Å². The van der Waals surface area contributed by atoms with Crippen molar-refractivity contribution in [3.63, 3.8) is 0 Å². The zero-order valence-electron chi connectivity index (χ0n) is 12.0. The van der Waals surface area contributed by atoms with Crippen molar-refractivity contribution in [2.45, 2.75) is 52.5 Å². The number of sulfonamides is 1. The van der Waals surface area contributed by atoms with Gasteiger partial charge in [0.15, 0.2) is 0 Å². The third kappa shape index (κ3) is 5.24. The summed E-state index contributed by atoms with van der Waals surface area (Å²) >= 11 is 0. The summed E-state index contributed by atoms with van der Waals surface area (Å²) in [6, 6.07) is 0.501. The highest BCUT2D eigenvalue weighted by atomic mass is 32.2. The van der Waals surface area contributed by atoms with E-state index in [1.165, 1.54) is 0 Å². The van der Waals surface area contributed by atoms with Crippen molar-refractivity contribution in [2.75, 3.05) is 25.4 Å². The fourth-order valence-corrected chi connectivity index (χ4v) is 3.99. The van der Waals surface area contributed by atoms with Crippen LogP contribution in [0.5, 0.6) is 0 Å². The molecule has 1 rings (SSSR count). The number of hydrogen-bond donors (Lipinski definition) is 1. The van der Waals surface area contributed by atoms with Gasteiger partial charge in [-0.15, -0.1) is 0 Å². The fraction of sp³-hybridized carbons (Fsp3) is 1.00. The third-order valence-electron chi connectivity index (χ3n) is 3.48. The molecule has 5 heteroatoms. The van der Waals surface area contributed by atoms with Gasteiger partial charge in [-0.25, -0.2) is 12.7 Å². The van der Waals surface area contributed by atoms with Crippen LogP contribution in [-0.2, 0) is 10.0 Å². The summed E-state index contributed by atoms with van der Waals surface area (Å²) in [6.45, 7) is 8.68. The molecule has 1 fully saturated rings. The van der Waals surface area contributed by atoms with E-state index in [4.69, 9.17) is 0 Å². The van der Waals surface area contributed by atoms with Gasteiger partial charge in [-0.1, -0.05) is 20.8 Å². The van der Waals surface area contributed by atoms with Gasteiger partial charge in [-0.2, -0.15) is 0 Å². The Hall–Kier alpha value is -0.130. The summed E-state index contributed by atoms with van der Waals surface area (Å²) in [6.07, 6.45) is 3.78. The first kappa shape index (κ1) is 15.9. The summed E-state index contributed by atoms with van der Waals surface area (Å²) < 4.78 is 25.9. The van der Waals surface area contributed by atoms with Crippen LogP contribution in [0.3, 0.4) is 0 Å². The van der Waals surface area contributed by atoms with Crippen molar-refractivity contribution in [3.8, 4) is 0 Å². The first-order valence-electron chi connectivity index (χ1n) is 7.17. The second-order valence-electron chi connectivity index (χ2n) is 5.63. The van der Waals surface area contributed by atoms with Crippen molar-refractivity contribution in [3.05, 3.63) is 0 Å². The number of hydrogen-bond acceptors (Lipinski definition) is 3. The average Bonchev–Trinajstić information content (AvgIpc) is 2.34. The maximum absolute atomic E-state index is 12.1. The van der Waals surface area contributed by atoms with Crippen molar-refractivity contribution < 1.29 is 8.42 Å². The zero-order valence-corrected chi connectivity index (χ0v) is 12.8. The lowest BCUT2D eigenvalue weighted by Crippen LogP contribution is -2.45. The summed E-state index contributed by atoms with van der Waals surface area (Å²) in [7, 11) is -3.02. The largest absolute Gasteiger partial charge is 0.314 e. The number of rotatable bonds is 7. The molecule has 0 amide bonds. The van der Waals surface area contributed by atoms with E-state index in [0.717, 1.165) is 32.2 Å². The van der Waals surface area contributed by atoms with E-state index in [1.807, 2.05) is 0 Å². The second kappa shape index (κ2) is 7.46. The Morgan fingerprint density at radius 2 is 1.89 bits per heavy atom. The standard InChI is InChI=1S/C13H28N2O2S/c1-4-8-14-13-5-9-15(10-6-13)18(16,17)11-7-12(2)3/h12-14H,4-11H2,1-3H3. The molecule has 4 nitrogen and oxygen atoms in total. The minimum absolute atomic E-state index is 0.303. The molecular weight excluding hydrogens is 248 g/mol. The smallest absolute Gasteiger partial charge is 0.214 e. The minimum atomic E-state index is -3.02. The Kier molecular flexibility index (Phi) is 6.60. The van der Waals surface area contributed by atoms with Crippen LogP contribution in [0.1, 0.15) is 46.5 Å². The molecule has 0 saturated carbocycles. The molecule has 108 valence electrons. The molecule has 0 aromatic heterocycles. The predicted molar refractivity (Wildman–Crippen MR) is 76.1 cm³/mol. The van der Waals surface area contributed by atoms with Crippen molar-refractivity contribution >= 4 is 10.0 Å². The molecule has 1 saturated heterocycles. The van der Waals surface area contributed by atoms with Gasteiger partial charge < -0.3 is 5.32 Å². The Balaban J connectivity index is 2.37. The van der Waals surface area contributed by atoms with Crippen LogP contribution in [0.25, 0.3) is 0 Å². The van der Waals surface area contributed by atoms with Crippen LogP contribution in [0, 0.1) is 5.92 Å². The van der Waals surface area contributed by atoms with E-state index in [-0.39, 0.29) is 0 Å². The number of nitrogens with one attached hydrogen (secondary N) is 1. The van der Waals surface area contributed by atoms with E-state index < -0.39 is 10.0 Å². The quantitative estimate of drug-likeness (QED) is 0.772. The lowest BCUT2D eigenvalue weighted by atomic mass is 10.1. The van der Waals surface area contributed by atoms with E-state index in [0.29, 0.717) is 30.8 Å². The monoisotopic (exact) mass is 276 g/mol. The molecule has 0 bridgehead atoms. The molecule has 1 N–H and O–H groups in total. The maximum Gasteiger partial charge on any atom is 0.214 e. The highest BCUT2D eigenvalue weighted by molar-refractivity contribution is 7.89. The van der Waals surface area contributed by atoms with E-state index >= 15 is 0 Å². The molecule has 1 aliphatic heterocycles. The van der Waals surface area contributed by atoms with E-state index in [2.05, 4.69) is 26.1 Å². The summed E-state index contributed by atoms with van der Waals surface area (Å²) in [5, 5.41) is 3.47. The van der Waals surface area contributed by atoms with Gasteiger partial charge >= 0.3 is 0 Å². The SMILES string of the molecule is CCCNC1CCN(S(=O)(=O)CCC(C)C)CC1. The Bertz CT molecular complexity index is 320. The van der Waals surface area contributed by atoms with Gasteiger partial charge in [-0.05, 0) is 38.1 Å². The normalized spacial score (nSPS) is 19.6. The van der Waals surface area contributed by atoms with Crippen molar-refractivity contribution in [1.29, 1.82) is 0 Å². The lowest BCUT2D eigenvalue weighted by molar-refractivity contribution is 0.289. The second-order valence-corrected chi connectivity index (χ2v) is 7.71. The maximum atomic E-state index is 12.1. The molecule has 0 aliphatic carbocycles. The van der Waals surface area contributed by atoms with Crippen LogP contribution in [0.2, 0.25) is 0 Å². The van der Waals surface area contributed by atoms with Gasteiger partial charge in [0, 0.05) is 19.1 Å². The molecule has 1 heterocycles. The highest BCUT2D eigenvalue weighted by Gasteiger charge is 2.27. The van der Waals surface area contributed by atoms with Gasteiger partial charge in [0.1, 0.15) is 0 Å². The highest BCUT2D eigenvalue weighted by Crippen LogP contribution is 2.16. The predicted octanol–water partition coefficient (Wildman–Crippen LogP) is 1.83. The molecule has 0 unspecified atom stereocenters. The number of piperidine rings is 1.